The molecule has 2 heterocycles. The van der Waals surface area contributed by atoms with Crippen LogP contribution in [0.4, 0.5) is 5.69 Å². The molecule has 0 unspecified atom stereocenters. The topological polar surface area (TPSA) is 69.0 Å². The first-order chi connectivity index (χ1) is 13.6. The number of carbonyl (C=O) groups excluding carboxylic acids is 1. The minimum Gasteiger partial charge on any atom is -0.325 e. The van der Waals surface area contributed by atoms with Gasteiger partial charge in [-0.05, 0) is 62.7 Å². The number of anilines is 1. The van der Waals surface area contributed by atoms with E-state index in [1.54, 1.807) is 35.6 Å². The first-order valence-electron chi connectivity index (χ1n) is 9.54. The number of carbonyl (C=O) groups is 1. The summed E-state index contributed by atoms with van der Waals surface area (Å²) in [5, 5.41) is 13.0. The van der Waals surface area contributed by atoms with E-state index in [0.29, 0.717) is 11.5 Å². The Kier molecular flexibility index (Phi) is 5.38. The number of hydrogen-bond acceptors (Lipinski definition) is 5. The van der Waals surface area contributed by atoms with Crippen molar-refractivity contribution in [3.05, 3.63) is 59.1 Å². The number of aromatic nitrogens is 1. The van der Waals surface area contributed by atoms with Gasteiger partial charge in [-0.25, -0.2) is 4.98 Å². The van der Waals surface area contributed by atoms with Gasteiger partial charge in [-0.2, -0.15) is 5.26 Å². The molecule has 6 heteroatoms. The summed E-state index contributed by atoms with van der Waals surface area (Å²) in [4.78, 5) is 19.8. The van der Waals surface area contributed by atoms with Crippen LogP contribution in [0.15, 0.2) is 48.5 Å². The average Bonchev–Trinajstić information content (AvgIpc) is 3.18. The highest BCUT2D eigenvalue weighted by molar-refractivity contribution is 7.18. The van der Waals surface area contributed by atoms with E-state index in [1.165, 1.54) is 9.71 Å². The second kappa shape index (κ2) is 8.09. The van der Waals surface area contributed by atoms with Crippen molar-refractivity contribution in [2.45, 2.75) is 31.7 Å². The van der Waals surface area contributed by atoms with E-state index in [4.69, 9.17) is 10.2 Å². The maximum atomic E-state index is 12.7. The molecule has 0 spiro atoms. The van der Waals surface area contributed by atoms with Gasteiger partial charge < -0.3 is 5.32 Å². The molecule has 1 N–H and O–H groups in total. The Morgan fingerprint density at radius 2 is 2.07 bits per heavy atom. The van der Waals surface area contributed by atoms with Crippen LogP contribution in [0.3, 0.4) is 0 Å². The average molecular weight is 391 g/mol. The minimum atomic E-state index is -0.215. The molecule has 28 heavy (non-hydrogen) atoms. The lowest BCUT2D eigenvalue weighted by Crippen LogP contribution is -2.46. The predicted molar refractivity (Wildman–Crippen MR) is 112 cm³/mol. The van der Waals surface area contributed by atoms with E-state index in [9.17, 15) is 4.79 Å². The third kappa shape index (κ3) is 3.91. The number of thiazole rings is 1. The van der Waals surface area contributed by atoms with Crippen LogP contribution < -0.4 is 5.32 Å². The second-order valence-electron chi connectivity index (χ2n) is 7.21. The number of fused-ring (bicyclic) bond motifs is 1. The summed E-state index contributed by atoms with van der Waals surface area (Å²) in [7, 11) is 0. The number of para-hydroxylation sites is 1. The van der Waals surface area contributed by atoms with Gasteiger partial charge >= 0.3 is 0 Å². The monoisotopic (exact) mass is 390 g/mol. The fraction of sp³-hybridized carbons (Fsp3) is 0.318. The van der Waals surface area contributed by atoms with Crippen LogP contribution in [-0.4, -0.2) is 34.9 Å². The zero-order valence-corrected chi connectivity index (χ0v) is 16.6. The molecular weight excluding hydrogens is 368 g/mol. The Morgan fingerprint density at radius 1 is 1.29 bits per heavy atom. The zero-order chi connectivity index (χ0) is 19.5. The third-order valence-electron chi connectivity index (χ3n) is 5.32. The molecule has 1 amide bonds. The smallest absolute Gasteiger partial charge is 0.241 e. The fourth-order valence-electron chi connectivity index (χ4n) is 3.67. The molecule has 2 aromatic carbocycles. The number of nitrogens with zero attached hydrogens (tertiary/aromatic N) is 3. The van der Waals surface area contributed by atoms with Crippen LogP contribution >= 0.6 is 11.3 Å². The highest BCUT2D eigenvalue weighted by Crippen LogP contribution is 2.33. The van der Waals surface area contributed by atoms with Crippen molar-refractivity contribution in [1.29, 1.82) is 5.26 Å². The Morgan fingerprint density at radius 3 is 2.82 bits per heavy atom. The highest BCUT2D eigenvalue weighted by Gasteiger charge is 2.29. The first kappa shape index (κ1) is 18.6. The quantitative estimate of drug-likeness (QED) is 0.718. The van der Waals surface area contributed by atoms with Gasteiger partial charge in [-0.15, -0.1) is 11.3 Å². The van der Waals surface area contributed by atoms with Gasteiger partial charge in [0.1, 0.15) is 0 Å². The summed E-state index contributed by atoms with van der Waals surface area (Å²) in [5.74, 6) is 0.353. The summed E-state index contributed by atoms with van der Waals surface area (Å²) in [5.41, 5.74) is 2.36. The molecule has 0 radical (unpaired) electrons. The fourth-order valence-corrected chi connectivity index (χ4v) is 4.76. The zero-order valence-electron chi connectivity index (χ0n) is 15.8. The van der Waals surface area contributed by atoms with Crippen molar-refractivity contribution < 1.29 is 4.79 Å². The largest absolute Gasteiger partial charge is 0.325 e. The maximum absolute atomic E-state index is 12.7. The first-order valence-corrected chi connectivity index (χ1v) is 10.4. The van der Waals surface area contributed by atoms with Gasteiger partial charge in [0.15, 0.2) is 0 Å². The molecule has 0 aliphatic carbocycles. The van der Waals surface area contributed by atoms with E-state index in [2.05, 4.69) is 28.4 Å². The Hall–Kier alpha value is -2.75. The molecule has 3 aromatic rings. The van der Waals surface area contributed by atoms with Crippen LogP contribution in [0.5, 0.6) is 0 Å². The molecule has 1 aromatic heterocycles. The van der Waals surface area contributed by atoms with Crippen molar-refractivity contribution in [3.63, 3.8) is 0 Å². The highest BCUT2D eigenvalue weighted by atomic mass is 32.1. The molecule has 1 saturated heterocycles. The van der Waals surface area contributed by atoms with E-state index in [1.807, 2.05) is 19.1 Å². The van der Waals surface area contributed by atoms with E-state index in [0.717, 1.165) is 37.1 Å². The molecular formula is C22H22N4OS. The lowest BCUT2D eigenvalue weighted by atomic mass is 9.97. The van der Waals surface area contributed by atoms with Crippen molar-refractivity contribution in [2.75, 3.05) is 18.4 Å². The number of amides is 1. The summed E-state index contributed by atoms with van der Waals surface area (Å²) < 4.78 is 1.22. The van der Waals surface area contributed by atoms with Gasteiger partial charge in [0.05, 0.1) is 32.9 Å². The number of nitrogens with one attached hydrogen (secondary N) is 1. The normalized spacial score (nSPS) is 18.5. The molecule has 0 bridgehead atoms. The van der Waals surface area contributed by atoms with E-state index in [-0.39, 0.29) is 11.9 Å². The molecule has 1 aliphatic heterocycles. The minimum absolute atomic E-state index is 0.0188. The van der Waals surface area contributed by atoms with Gasteiger partial charge in [0, 0.05) is 18.2 Å². The molecule has 5 nitrogen and oxygen atoms in total. The SMILES string of the molecule is C[C@H](C(=O)Nc1ccc(C#N)cc1)N1CCC[C@H](c2nc3ccccc3s2)C1. The summed E-state index contributed by atoms with van der Waals surface area (Å²) in [6, 6.07) is 17.1. The third-order valence-corrected chi connectivity index (χ3v) is 6.52. The van der Waals surface area contributed by atoms with Gasteiger partial charge in [-0.1, -0.05) is 12.1 Å². The lowest BCUT2D eigenvalue weighted by molar-refractivity contribution is -0.121. The number of benzene rings is 2. The van der Waals surface area contributed by atoms with E-state index >= 15 is 0 Å². The Labute approximate surface area is 168 Å². The predicted octanol–water partition coefficient (Wildman–Crippen LogP) is 4.37. The molecule has 142 valence electrons. The summed E-state index contributed by atoms with van der Waals surface area (Å²) in [6.07, 6.45) is 2.18. The number of rotatable bonds is 4. The summed E-state index contributed by atoms with van der Waals surface area (Å²) >= 11 is 1.77. The van der Waals surface area contributed by atoms with Gasteiger partial charge in [0.25, 0.3) is 0 Å². The molecule has 1 aliphatic rings. The van der Waals surface area contributed by atoms with Crippen molar-refractivity contribution in [1.82, 2.24) is 9.88 Å². The Balaban J connectivity index is 1.42. The van der Waals surface area contributed by atoms with Crippen molar-refractivity contribution in [3.8, 4) is 6.07 Å². The standard InChI is InChI=1S/C22H22N4OS/c1-15(21(27)24-18-10-8-16(13-23)9-11-18)26-12-4-5-17(14-26)22-25-19-6-2-3-7-20(19)28-22/h2-3,6-11,15,17H,4-5,12,14H2,1H3,(H,24,27)/t15-,17+/m1/s1. The number of likely N-dealkylation sites (tertiary alicyclic amines) is 1. The van der Waals surface area contributed by atoms with Crippen LogP contribution in [0.2, 0.25) is 0 Å². The second-order valence-corrected chi connectivity index (χ2v) is 8.27. The number of hydrogen-bond donors (Lipinski definition) is 1. The summed E-state index contributed by atoms with van der Waals surface area (Å²) in [6.45, 7) is 3.73. The molecule has 0 saturated carbocycles. The van der Waals surface area contributed by atoms with Crippen LogP contribution in [0, 0.1) is 11.3 Å². The van der Waals surface area contributed by atoms with Crippen LogP contribution in [0.1, 0.15) is 36.3 Å². The number of piperidine rings is 1. The maximum Gasteiger partial charge on any atom is 0.241 e. The molecule has 2 atom stereocenters. The molecule has 1 fully saturated rings. The van der Waals surface area contributed by atoms with Crippen LogP contribution in [0.25, 0.3) is 10.2 Å². The van der Waals surface area contributed by atoms with Crippen molar-refractivity contribution in [2.24, 2.45) is 0 Å². The van der Waals surface area contributed by atoms with E-state index < -0.39 is 0 Å². The lowest BCUT2D eigenvalue weighted by Gasteiger charge is -2.35. The Bertz CT molecular complexity index is 988. The van der Waals surface area contributed by atoms with Gasteiger partial charge in [0.2, 0.25) is 5.91 Å². The van der Waals surface area contributed by atoms with Crippen molar-refractivity contribution >= 4 is 33.1 Å². The number of nitriles is 1. The van der Waals surface area contributed by atoms with Crippen LogP contribution in [-0.2, 0) is 4.79 Å². The van der Waals surface area contributed by atoms with Gasteiger partial charge in [-0.3, -0.25) is 9.69 Å². The molecule has 4 rings (SSSR count).